The summed E-state index contributed by atoms with van der Waals surface area (Å²) in [6, 6.07) is 20.8. The van der Waals surface area contributed by atoms with Crippen LogP contribution in [0.5, 0.6) is 0 Å². The van der Waals surface area contributed by atoms with Crippen LogP contribution in [-0.4, -0.2) is 0 Å². The normalized spacial score (nSPS) is 12.5. The standard InChI is InChI=1S/C12H10.C2H3NS2/c1-3-7-11(8-4-1)12-9-5-2-6-10-12;1-2-4-5-3-1/h1-10H;1-3H. The molecule has 0 amide bonds. The lowest BCUT2D eigenvalue weighted by molar-refractivity contribution is 1.46. The molecule has 0 saturated heterocycles. The van der Waals surface area contributed by atoms with Crippen LogP contribution in [-0.2, 0) is 0 Å². The van der Waals surface area contributed by atoms with Crippen molar-refractivity contribution < 1.29 is 0 Å². The van der Waals surface area contributed by atoms with Gasteiger partial charge in [-0.2, -0.15) is 0 Å². The van der Waals surface area contributed by atoms with Gasteiger partial charge in [-0.25, -0.2) is 0 Å². The van der Waals surface area contributed by atoms with Crippen molar-refractivity contribution >= 4 is 21.8 Å². The topological polar surface area (TPSA) is 12.0 Å². The van der Waals surface area contributed by atoms with Crippen molar-refractivity contribution in [2.24, 2.45) is 0 Å². The van der Waals surface area contributed by atoms with Crippen molar-refractivity contribution in [1.29, 1.82) is 0 Å². The first-order valence-electron chi connectivity index (χ1n) is 5.30. The van der Waals surface area contributed by atoms with Gasteiger partial charge in [0.2, 0.25) is 0 Å². The Hall–Kier alpha value is -1.32. The third-order valence-electron chi connectivity index (χ3n) is 2.17. The Bertz CT molecular complexity index is 411. The Morgan fingerprint density at radius 1 is 0.706 bits per heavy atom. The van der Waals surface area contributed by atoms with Crippen molar-refractivity contribution in [1.82, 2.24) is 4.72 Å². The molecule has 0 aromatic heterocycles. The fourth-order valence-corrected chi connectivity index (χ4v) is 2.51. The van der Waals surface area contributed by atoms with E-state index in [2.05, 4.69) is 53.3 Å². The highest BCUT2D eigenvalue weighted by atomic mass is 33.1. The third kappa shape index (κ3) is 4.21. The molecule has 0 spiro atoms. The molecule has 1 aliphatic rings. The summed E-state index contributed by atoms with van der Waals surface area (Å²) in [6.07, 6.45) is 1.91. The van der Waals surface area contributed by atoms with Crippen LogP contribution in [0.1, 0.15) is 0 Å². The van der Waals surface area contributed by atoms with Crippen LogP contribution in [0.15, 0.2) is 72.3 Å². The maximum Gasteiger partial charge on any atom is 0.0229 e. The van der Waals surface area contributed by atoms with Crippen molar-refractivity contribution in [2.45, 2.75) is 0 Å². The predicted molar refractivity (Wildman–Crippen MR) is 79.3 cm³/mol. The van der Waals surface area contributed by atoms with E-state index in [0.29, 0.717) is 0 Å². The van der Waals surface area contributed by atoms with Gasteiger partial charge in [-0.3, -0.25) is 0 Å². The Kier molecular flexibility index (Phi) is 5.07. The molecule has 0 aliphatic carbocycles. The van der Waals surface area contributed by atoms with E-state index in [-0.39, 0.29) is 0 Å². The zero-order valence-electron chi connectivity index (χ0n) is 9.24. The van der Waals surface area contributed by atoms with Crippen LogP contribution >= 0.6 is 21.8 Å². The summed E-state index contributed by atoms with van der Waals surface area (Å²) in [4.78, 5) is 0. The zero-order chi connectivity index (χ0) is 11.8. The molecule has 17 heavy (non-hydrogen) atoms. The highest BCUT2D eigenvalue weighted by Gasteiger charge is 1.91. The molecular weight excluding hydrogens is 246 g/mol. The highest BCUT2D eigenvalue weighted by molar-refractivity contribution is 8.77. The number of benzene rings is 2. The Morgan fingerprint density at radius 3 is 1.53 bits per heavy atom. The monoisotopic (exact) mass is 259 g/mol. The van der Waals surface area contributed by atoms with Crippen molar-refractivity contribution in [2.75, 3.05) is 0 Å². The molecule has 1 nitrogen and oxygen atoms in total. The lowest BCUT2D eigenvalue weighted by atomic mass is 10.1. The van der Waals surface area contributed by atoms with Gasteiger partial charge in [-0.1, -0.05) is 60.7 Å². The first-order chi connectivity index (χ1) is 8.47. The summed E-state index contributed by atoms with van der Waals surface area (Å²) in [6.45, 7) is 0. The van der Waals surface area contributed by atoms with Crippen molar-refractivity contribution in [3.63, 3.8) is 0 Å². The molecule has 2 aromatic carbocycles. The van der Waals surface area contributed by atoms with E-state index in [1.165, 1.54) is 11.1 Å². The van der Waals surface area contributed by atoms with Crippen molar-refractivity contribution in [3.05, 3.63) is 72.3 Å². The molecule has 0 atom stereocenters. The highest BCUT2D eigenvalue weighted by Crippen LogP contribution is 2.22. The van der Waals surface area contributed by atoms with E-state index in [4.69, 9.17) is 0 Å². The van der Waals surface area contributed by atoms with E-state index in [1.54, 1.807) is 21.8 Å². The molecule has 0 unspecified atom stereocenters. The molecule has 0 fully saturated rings. The number of rotatable bonds is 1. The van der Waals surface area contributed by atoms with Gasteiger partial charge in [-0.15, -0.1) is 0 Å². The molecule has 0 radical (unpaired) electrons. The maximum absolute atomic E-state index is 2.92. The van der Waals surface area contributed by atoms with E-state index in [0.717, 1.165) is 0 Å². The number of nitrogens with one attached hydrogen (secondary N) is 1. The summed E-state index contributed by atoms with van der Waals surface area (Å²) < 4.78 is 2.92. The number of hydrogen-bond acceptors (Lipinski definition) is 3. The minimum atomic E-state index is 1.28. The average Bonchev–Trinajstić information content (AvgIpc) is 3.00. The van der Waals surface area contributed by atoms with Gasteiger partial charge < -0.3 is 4.72 Å². The lowest BCUT2D eigenvalue weighted by Crippen LogP contribution is -1.76. The third-order valence-corrected chi connectivity index (χ3v) is 3.66. The molecule has 86 valence electrons. The minimum absolute atomic E-state index is 1.28. The van der Waals surface area contributed by atoms with Gasteiger partial charge >= 0.3 is 0 Å². The second-order valence-corrected chi connectivity index (χ2v) is 5.28. The van der Waals surface area contributed by atoms with E-state index >= 15 is 0 Å². The minimum Gasteiger partial charge on any atom is -0.327 e. The smallest absolute Gasteiger partial charge is 0.0229 e. The fourth-order valence-electron chi connectivity index (χ4n) is 1.40. The summed E-state index contributed by atoms with van der Waals surface area (Å²) in [7, 11) is 3.33. The van der Waals surface area contributed by atoms with Gasteiger partial charge in [0.1, 0.15) is 0 Å². The molecule has 0 bridgehead atoms. The molecule has 3 heteroatoms. The SMILES string of the molecule is C1=CSSN1.c1ccc(-c2ccccc2)cc1. The first kappa shape index (κ1) is 12.1. The van der Waals surface area contributed by atoms with Crippen LogP contribution in [0.2, 0.25) is 0 Å². The second kappa shape index (κ2) is 7.09. The molecular formula is C14H13NS2. The molecule has 1 aliphatic heterocycles. The molecule has 0 saturated carbocycles. The van der Waals surface area contributed by atoms with Crippen LogP contribution in [0.3, 0.4) is 0 Å². The number of hydrogen-bond donors (Lipinski definition) is 1. The molecule has 3 rings (SSSR count). The van der Waals surface area contributed by atoms with Crippen molar-refractivity contribution in [3.8, 4) is 11.1 Å². The van der Waals surface area contributed by atoms with Gasteiger partial charge in [0.15, 0.2) is 0 Å². The quantitative estimate of drug-likeness (QED) is 0.588. The van der Waals surface area contributed by atoms with E-state index < -0.39 is 0 Å². The van der Waals surface area contributed by atoms with Gasteiger partial charge in [-0.05, 0) is 21.9 Å². The Morgan fingerprint density at radius 2 is 1.24 bits per heavy atom. The summed E-state index contributed by atoms with van der Waals surface area (Å²) >= 11 is 0. The second-order valence-electron chi connectivity index (χ2n) is 3.33. The van der Waals surface area contributed by atoms with E-state index in [9.17, 15) is 0 Å². The molecule has 2 aromatic rings. The van der Waals surface area contributed by atoms with Crippen LogP contribution in [0.25, 0.3) is 11.1 Å². The van der Waals surface area contributed by atoms with Gasteiger partial charge in [0, 0.05) is 22.6 Å². The first-order valence-corrected chi connectivity index (χ1v) is 7.51. The van der Waals surface area contributed by atoms with Crippen LogP contribution < -0.4 is 4.72 Å². The Labute approximate surface area is 110 Å². The van der Waals surface area contributed by atoms with E-state index in [1.807, 2.05) is 23.7 Å². The summed E-state index contributed by atoms with van der Waals surface area (Å²) in [5.41, 5.74) is 2.55. The average molecular weight is 259 g/mol. The molecule has 1 heterocycles. The predicted octanol–water partition coefficient (Wildman–Crippen LogP) is 4.71. The molecule has 1 N–H and O–H groups in total. The zero-order valence-corrected chi connectivity index (χ0v) is 10.9. The summed E-state index contributed by atoms with van der Waals surface area (Å²) in [5.74, 6) is 0. The van der Waals surface area contributed by atoms with Gasteiger partial charge in [0.25, 0.3) is 0 Å². The van der Waals surface area contributed by atoms with Crippen LogP contribution in [0, 0.1) is 0 Å². The lowest BCUT2D eigenvalue weighted by Gasteiger charge is -1.98. The summed E-state index contributed by atoms with van der Waals surface area (Å²) in [5, 5.41) is 2.00. The fraction of sp³-hybridized carbons (Fsp3) is 0. The van der Waals surface area contributed by atoms with Crippen LogP contribution in [0.4, 0.5) is 0 Å². The maximum atomic E-state index is 2.92. The van der Waals surface area contributed by atoms with Gasteiger partial charge in [0.05, 0.1) is 0 Å². The Balaban J connectivity index is 0.000000181. The largest absolute Gasteiger partial charge is 0.327 e.